The molecular weight excluding hydrogens is 344 g/mol. The third-order valence-electron chi connectivity index (χ3n) is 3.54. The van der Waals surface area contributed by atoms with Gasteiger partial charge < -0.3 is 14.0 Å². The van der Waals surface area contributed by atoms with Crippen LogP contribution in [0.4, 0.5) is 0 Å². The molecule has 0 radical (unpaired) electrons. The van der Waals surface area contributed by atoms with Crippen LogP contribution in [0.15, 0.2) is 40.8 Å². The van der Waals surface area contributed by atoms with E-state index in [1.165, 1.54) is 17.7 Å². The van der Waals surface area contributed by atoms with E-state index in [9.17, 15) is 0 Å². The van der Waals surface area contributed by atoms with E-state index in [1.807, 2.05) is 17.5 Å². The second kappa shape index (κ2) is 5.67. The largest absolute Gasteiger partial charge is 0.485 e. The number of ether oxygens (including phenoxy) is 2. The highest BCUT2D eigenvalue weighted by atomic mass is 32.1. The van der Waals surface area contributed by atoms with Gasteiger partial charge in [0.05, 0.1) is 0 Å². The normalized spacial score (nSPS) is 13.1. The van der Waals surface area contributed by atoms with Crippen molar-refractivity contribution in [3.63, 3.8) is 0 Å². The molecule has 25 heavy (non-hydrogen) atoms. The molecule has 0 saturated heterocycles. The lowest BCUT2D eigenvalue weighted by Gasteiger charge is -2.15. The molecule has 0 unspecified atom stereocenters. The zero-order valence-corrected chi connectivity index (χ0v) is 13.5. The molecule has 9 nitrogen and oxygen atoms in total. The average molecular weight is 354 g/mol. The summed E-state index contributed by atoms with van der Waals surface area (Å²) in [6.45, 7) is 1.04. The molecule has 10 heteroatoms. The zero-order chi connectivity index (χ0) is 16.6. The maximum absolute atomic E-state index is 5.66. The van der Waals surface area contributed by atoms with Gasteiger partial charge in [0.1, 0.15) is 36.4 Å². The summed E-state index contributed by atoms with van der Waals surface area (Å²) in [7, 11) is 0. The van der Waals surface area contributed by atoms with Gasteiger partial charge in [0, 0.05) is 5.38 Å². The lowest BCUT2D eigenvalue weighted by Crippen LogP contribution is -2.14. The van der Waals surface area contributed by atoms with Crippen LogP contribution in [-0.4, -0.2) is 43.1 Å². The molecule has 0 aliphatic carbocycles. The minimum atomic E-state index is 0.316. The van der Waals surface area contributed by atoms with Gasteiger partial charge in [-0.2, -0.15) is 10.1 Å². The predicted octanol–water partition coefficient (Wildman–Crippen LogP) is 2.21. The number of nitrogens with zero attached hydrogens (tertiary/aromatic N) is 6. The molecule has 0 amide bonds. The predicted molar refractivity (Wildman–Crippen MR) is 86.7 cm³/mol. The van der Waals surface area contributed by atoms with Crippen molar-refractivity contribution in [1.29, 1.82) is 0 Å². The SMILES string of the molecule is c1cc(-c2nc(-c3scc4c3OCCO4)no2)nc(-n2cncn2)c1. The molecule has 5 rings (SSSR count). The van der Waals surface area contributed by atoms with Crippen LogP contribution in [0.25, 0.3) is 28.1 Å². The number of rotatable bonds is 3. The third-order valence-corrected chi connectivity index (χ3v) is 4.47. The first-order valence-corrected chi connectivity index (χ1v) is 8.30. The third kappa shape index (κ3) is 2.43. The Morgan fingerprint density at radius 1 is 1.12 bits per heavy atom. The maximum Gasteiger partial charge on any atom is 0.276 e. The van der Waals surface area contributed by atoms with Crippen molar-refractivity contribution in [2.75, 3.05) is 13.2 Å². The molecular formula is C15H10N6O3S. The summed E-state index contributed by atoms with van der Waals surface area (Å²) >= 11 is 1.45. The van der Waals surface area contributed by atoms with Gasteiger partial charge in [-0.15, -0.1) is 11.3 Å². The smallest absolute Gasteiger partial charge is 0.276 e. The first-order chi connectivity index (χ1) is 12.4. The highest BCUT2D eigenvalue weighted by Gasteiger charge is 2.23. The van der Waals surface area contributed by atoms with Crippen LogP contribution in [0.2, 0.25) is 0 Å². The Kier molecular flexibility index (Phi) is 3.20. The molecule has 4 aromatic rings. The summed E-state index contributed by atoms with van der Waals surface area (Å²) < 4.78 is 18.1. The number of hydrogen-bond acceptors (Lipinski definition) is 9. The van der Waals surface area contributed by atoms with Gasteiger partial charge in [-0.05, 0) is 12.1 Å². The van der Waals surface area contributed by atoms with Crippen LogP contribution >= 0.6 is 11.3 Å². The lowest BCUT2D eigenvalue weighted by molar-refractivity contribution is 0.174. The molecule has 4 aromatic heterocycles. The van der Waals surface area contributed by atoms with Gasteiger partial charge in [-0.25, -0.2) is 14.6 Å². The van der Waals surface area contributed by atoms with Crippen molar-refractivity contribution in [2.45, 2.75) is 0 Å². The highest BCUT2D eigenvalue weighted by molar-refractivity contribution is 7.14. The van der Waals surface area contributed by atoms with Gasteiger partial charge >= 0.3 is 0 Å². The molecule has 0 bridgehead atoms. The van der Waals surface area contributed by atoms with E-state index in [1.54, 1.807) is 17.1 Å². The van der Waals surface area contributed by atoms with Crippen LogP contribution < -0.4 is 9.47 Å². The quantitative estimate of drug-likeness (QED) is 0.552. The Balaban J connectivity index is 1.51. The van der Waals surface area contributed by atoms with E-state index in [2.05, 4.69) is 25.2 Å². The standard InChI is InChI=1S/C15H10N6O3S/c1-2-9(18-11(3-1)21-8-16-7-17-21)15-19-14(20-24-15)13-12-10(6-25-13)22-4-5-23-12/h1-3,6-8H,4-5H2. The molecule has 0 saturated carbocycles. The fourth-order valence-corrected chi connectivity index (χ4v) is 3.29. The van der Waals surface area contributed by atoms with Crippen molar-refractivity contribution < 1.29 is 14.0 Å². The number of fused-ring (bicyclic) bond motifs is 1. The van der Waals surface area contributed by atoms with E-state index >= 15 is 0 Å². The Morgan fingerprint density at radius 2 is 2.08 bits per heavy atom. The maximum atomic E-state index is 5.66. The van der Waals surface area contributed by atoms with E-state index in [4.69, 9.17) is 14.0 Å². The minimum Gasteiger partial charge on any atom is -0.485 e. The van der Waals surface area contributed by atoms with Crippen LogP contribution in [-0.2, 0) is 0 Å². The summed E-state index contributed by atoms with van der Waals surface area (Å²) in [6, 6.07) is 5.45. The monoisotopic (exact) mass is 354 g/mol. The first-order valence-electron chi connectivity index (χ1n) is 7.42. The van der Waals surface area contributed by atoms with Gasteiger partial charge in [0.15, 0.2) is 17.3 Å². The second-order valence-corrected chi connectivity index (χ2v) is 5.98. The molecule has 1 aliphatic heterocycles. The van der Waals surface area contributed by atoms with Crippen molar-refractivity contribution in [3.05, 3.63) is 36.2 Å². The fourth-order valence-electron chi connectivity index (χ4n) is 2.43. The number of thiophene rings is 1. The Labute approximate surface area is 144 Å². The molecule has 0 aromatic carbocycles. The molecule has 0 spiro atoms. The summed E-state index contributed by atoms with van der Waals surface area (Å²) in [4.78, 5) is 13.6. The minimum absolute atomic E-state index is 0.316. The van der Waals surface area contributed by atoms with Crippen molar-refractivity contribution in [1.82, 2.24) is 29.9 Å². The van der Waals surface area contributed by atoms with Crippen molar-refractivity contribution >= 4 is 11.3 Å². The van der Waals surface area contributed by atoms with Crippen LogP contribution in [0.5, 0.6) is 11.5 Å². The molecule has 1 aliphatic rings. The van der Waals surface area contributed by atoms with E-state index in [-0.39, 0.29) is 0 Å². The average Bonchev–Trinajstić information content (AvgIpc) is 3.40. The molecule has 0 atom stereocenters. The first kappa shape index (κ1) is 14.1. The van der Waals surface area contributed by atoms with Gasteiger partial charge in [-0.3, -0.25) is 0 Å². The molecule has 124 valence electrons. The Hall–Kier alpha value is -3.27. The Bertz CT molecular complexity index is 1030. The van der Waals surface area contributed by atoms with E-state index in [0.717, 1.165) is 4.88 Å². The Morgan fingerprint density at radius 3 is 3.00 bits per heavy atom. The topological polar surface area (TPSA) is 101 Å². The highest BCUT2D eigenvalue weighted by Crippen LogP contribution is 2.44. The molecule has 0 fully saturated rings. The summed E-state index contributed by atoms with van der Waals surface area (Å²) in [5, 5.41) is 9.99. The fraction of sp³-hybridized carbons (Fsp3) is 0.133. The van der Waals surface area contributed by atoms with Crippen LogP contribution in [0.1, 0.15) is 0 Å². The number of pyridine rings is 1. The number of hydrogen-bond donors (Lipinski definition) is 0. The van der Waals surface area contributed by atoms with Crippen molar-refractivity contribution in [3.8, 4) is 39.6 Å². The lowest BCUT2D eigenvalue weighted by atomic mass is 10.3. The second-order valence-electron chi connectivity index (χ2n) is 5.10. The summed E-state index contributed by atoms with van der Waals surface area (Å²) in [5.41, 5.74) is 0.550. The van der Waals surface area contributed by atoms with Gasteiger partial charge in [0.25, 0.3) is 5.89 Å². The number of aromatic nitrogens is 6. The molecule has 0 N–H and O–H groups in total. The van der Waals surface area contributed by atoms with Crippen LogP contribution in [0.3, 0.4) is 0 Å². The zero-order valence-electron chi connectivity index (χ0n) is 12.7. The van der Waals surface area contributed by atoms with Crippen LogP contribution in [0, 0.1) is 0 Å². The van der Waals surface area contributed by atoms with Gasteiger partial charge in [0.2, 0.25) is 5.82 Å². The summed E-state index contributed by atoms with van der Waals surface area (Å²) in [5.74, 6) is 2.74. The summed E-state index contributed by atoms with van der Waals surface area (Å²) in [6.07, 6.45) is 3.02. The van der Waals surface area contributed by atoms with Crippen molar-refractivity contribution in [2.24, 2.45) is 0 Å². The van der Waals surface area contributed by atoms with Gasteiger partial charge in [-0.1, -0.05) is 11.2 Å². The van der Waals surface area contributed by atoms with E-state index in [0.29, 0.717) is 47.9 Å². The van der Waals surface area contributed by atoms with E-state index < -0.39 is 0 Å². The molecule has 5 heterocycles.